The van der Waals surface area contributed by atoms with E-state index in [-0.39, 0.29) is 11.9 Å². The molecule has 2 N–H and O–H groups in total. The maximum Gasteiger partial charge on any atom is 0.238 e. The summed E-state index contributed by atoms with van der Waals surface area (Å²) in [6.07, 6.45) is 3.89. The molecule has 2 rings (SSSR count). The molecule has 0 aromatic carbocycles. The summed E-state index contributed by atoms with van der Waals surface area (Å²) in [5.74, 6) is 0.934. The molecule has 0 radical (unpaired) electrons. The predicted octanol–water partition coefficient (Wildman–Crippen LogP) is 0.585. The summed E-state index contributed by atoms with van der Waals surface area (Å²) in [6, 6.07) is 0.652. The topological polar surface area (TPSA) is 44.4 Å². The number of hydrogen-bond acceptors (Lipinski definition) is 3. The van der Waals surface area contributed by atoms with E-state index in [1.54, 1.807) is 0 Å². The quantitative estimate of drug-likeness (QED) is 0.757. The van der Waals surface area contributed by atoms with Crippen LogP contribution in [0.5, 0.6) is 0 Å². The Morgan fingerprint density at radius 1 is 1.47 bits per heavy atom. The van der Waals surface area contributed by atoms with Gasteiger partial charge in [-0.15, -0.1) is 0 Å². The highest BCUT2D eigenvalue weighted by Gasteiger charge is 2.37. The first-order chi connectivity index (χ1) is 8.24. The summed E-state index contributed by atoms with van der Waals surface area (Å²) in [5, 5.41) is 6.30. The van der Waals surface area contributed by atoms with Crippen molar-refractivity contribution in [2.75, 3.05) is 26.2 Å². The standard InChI is InChI=1S/C13H25N3O/c1-3-15-13(17)12-9-14-7-8-16(12)11-6-4-5-10(11)2/h10-12,14H,3-9H2,1-2H3,(H,15,17). The lowest BCUT2D eigenvalue weighted by atomic mass is 10.0. The number of rotatable bonds is 3. The van der Waals surface area contributed by atoms with Gasteiger partial charge in [-0.1, -0.05) is 13.3 Å². The lowest BCUT2D eigenvalue weighted by Gasteiger charge is -2.40. The molecule has 1 heterocycles. The van der Waals surface area contributed by atoms with E-state index in [2.05, 4.69) is 22.5 Å². The molecule has 2 fully saturated rings. The van der Waals surface area contributed by atoms with Crippen molar-refractivity contribution in [3.63, 3.8) is 0 Å². The second kappa shape index (κ2) is 5.83. The van der Waals surface area contributed by atoms with Crippen LogP contribution in [-0.2, 0) is 4.79 Å². The van der Waals surface area contributed by atoms with Crippen molar-refractivity contribution in [3.05, 3.63) is 0 Å². The normalized spacial score (nSPS) is 34.8. The number of nitrogens with zero attached hydrogens (tertiary/aromatic N) is 1. The van der Waals surface area contributed by atoms with Crippen molar-refractivity contribution in [1.29, 1.82) is 0 Å². The Morgan fingerprint density at radius 2 is 2.29 bits per heavy atom. The van der Waals surface area contributed by atoms with E-state index in [9.17, 15) is 4.79 Å². The van der Waals surface area contributed by atoms with E-state index in [1.807, 2.05) is 6.92 Å². The highest BCUT2D eigenvalue weighted by atomic mass is 16.2. The number of likely N-dealkylation sites (N-methyl/N-ethyl adjacent to an activating group) is 1. The molecule has 98 valence electrons. The van der Waals surface area contributed by atoms with Gasteiger partial charge in [-0.25, -0.2) is 0 Å². The summed E-state index contributed by atoms with van der Waals surface area (Å²) in [5.41, 5.74) is 0. The number of carbonyl (C=O) groups is 1. The maximum atomic E-state index is 12.1. The summed E-state index contributed by atoms with van der Waals surface area (Å²) < 4.78 is 0. The van der Waals surface area contributed by atoms with Crippen molar-refractivity contribution in [2.24, 2.45) is 5.92 Å². The van der Waals surface area contributed by atoms with E-state index in [4.69, 9.17) is 0 Å². The number of piperazine rings is 1. The van der Waals surface area contributed by atoms with Gasteiger partial charge in [0, 0.05) is 32.2 Å². The van der Waals surface area contributed by atoms with Gasteiger partial charge in [0.15, 0.2) is 0 Å². The fourth-order valence-electron chi connectivity index (χ4n) is 3.27. The first kappa shape index (κ1) is 12.8. The molecule has 3 atom stereocenters. The molecular weight excluding hydrogens is 214 g/mol. The molecule has 1 amide bonds. The Kier molecular flexibility index (Phi) is 4.40. The first-order valence-electron chi connectivity index (χ1n) is 6.98. The molecule has 2 aliphatic rings. The zero-order chi connectivity index (χ0) is 12.3. The third-order valence-corrected chi connectivity index (χ3v) is 4.18. The third kappa shape index (κ3) is 2.80. The van der Waals surface area contributed by atoms with E-state index >= 15 is 0 Å². The van der Waals surface area contributed by atoms with Gasteiger partial charge in [-0.05, 0) is 25.7 Å². The smallest absolute Gasteiger partial charge is 0.238 e. The molecule has 17 heavy (non-hydrogen) atoms. The average molecular weight is 239 g/mol. The fraction of sp³-hybridized carbons (Fsp3) is 0.923. The second-order valence-corrected chi connectivity index (χ2v) is 5.33. The summed E-state index contributed by atoms with van der Waals surface area (Å²) in [6.45, 7) is 7.86. The highest BCUT2D eigenvalue weighted by molar-refractivity contribution is 5.82. The summed E-state index contributed by atoms with van der Waals surface area (Å²) in [4.78, 5) is 14.5. The van der Waals surface area contributed by atoms with Gasteiger partial charge in [0.25, 0.3) is 0 Å². The maximum absolute atomic E-state index is 12.1. The zero-order valence-electron chi connectivity index (χ0n) is 11.0. The minimum Gasteiger partial charge on any atom is -0.355 e. The molecule has 4 heteroatoms. The highest BCUT2D eigenvalue weighted by Crippen LogP contribution is 2.31. The van der Waals surface area contributed by atoms with Gasteiger partial charge in [-0.3, -0.25) is 9.69 Å². The fourth-order valence-corrected chi connectivity index (χ4v) is 3.27. The van der Waals surface area contributed by atoms with Crippen LogP contribution in [0.1, 0.15) is 33.1 Å². The van der Waals surface area contributed by atoms with Crippen LogP contribution in [0.15, 0.2) is 0 Å². The molecule has 4 nitrogen and oxygen atoms in total. The van der Waals surface area contributed by atoms with Crippen molar-refractivity contribution >= 4 is 5.91 Å². The SMILES string of the molecule is CCNC(=O)C1CNCCN1C1CCCC1C. The van der Waals surface area contributed by atoms with Gasteiger partial charge in [-0.2, -0.15) is 0 Å². The molecule has 0 bridgehead atoms. The van der Waals surface area contributed by atoms with Crippen LogP contribution < -0.4 is 10.6 Å². The van der Waals surface area contributed by atoms with Crippen molar-refractivity contribution < 1.29 is 4.79 Å². The molecular formula is C13H25N3O. The van der Waals surface area contributed by atoms with E-state index < -0.39 is 0 Å². The van der Waals surface area contributed by atoms with Gasteiger partial charge in [0.05, 0.1) is 0 Å². The number of hydrogen-bond donors (Lipinski definition) is 2. The molecule has 0 spiro atoms. The van der Waals surface area contributed by atoms with Crippen LogP contribution in [0.4, 0.5) is 0 Å². The Labute approximate surface area is 104 Å². The summed E-state index contributed by atoms with van der Waals surface area (Å²) in [7, 11) is 0. The van der Waals surface area contributed by atoms with Crippen LogP contribution >= 0.6 is 0 Å². The Morgan fingerprint density at radius 3 is 2.94 bits per heavy atom. The molecule has 0 aromatic heterocycles. The summed E-state index contributed by atoms with van der Waals surface area (Å²) >= 11 is 0. The predicted molar refractivity (Wildman–Crippen MR) is 68.9 cm³/mol. The minimum absolute atomic E-state index is 0.0363. The van der Waals surface area contributed by atoms with Gasteiger partial charge < -0.3 is 10.6 Å². The zero-order valence-corrected chi connectivity index (χ0v) is 11.0. The molecule has 0 aromatic rings. The van der Waals surface area contributed by atoms with Crippen molar-refractivity contribution in [1.82, 2.24) is 15.5 Å². The Balaban J connectivity index is 2.03. The molecule has 1 aliphatic carbocycles. The lowest BCUT2D eigenvalue weighted by molar-refractivity contribution is -0.128. The first-order valence-corrected chi connectivity index (χ1v) is 6.98. The van der Waals surface area contributed by atoms with E-state index in [1.165, 1.54) is 19.3 Å². The molecule has 1 aliphatic heterocycles. The van der Waals surface area contributed by atoms with Crippen molar-refractivity contribution in [3.8, 4) is 0 Å². The van der Waals surface area contributed by atoms with Crippen LogP contribution in [0.2, 0.25) is 0 Å². The minimum atomic E-state index is 0.0363. The monoisotopic (exact) mass is 239 g/mol. The Hall–Kier alpha value is -0.610. The molecule has 1 saturated carbocycles. The number of nitrogens with one attached hydrogen (secondary N) is 2. The second-order valence-electron chi connectivity index (χ2n) is 5.33. The van der Waals surface area contributed by atoms with Crippen LogP contribution in [0.3, 0.4) is 0 Å². The van der Waals surface area contributed by atoms with Gasteiger partial charge >= 0.3 is 0 Å². The average Bonchev–Trinajstić information content (AvgIpc) is 2.76. The van der Waals surface area contributed by atoms with Gasteiger partial charge in [0.1, 0.15) is 6.04 Å². The lowest BCUT2D eigenvalue weighted by Crippen LogP contribution is -2.61. The van der Waals surface area contributed by atoms with Crippen molar-refractivity contribution in [2.45, 2.75) is 45.2 Å². The third-order valence-electron chi connectivity index (χ3n) is 4.18. The number of carbonyl (C=O) groups excluding carboxylic acids is 1. The van der Waals surface area contributed by atoms with Crippen LogP contribution in [0.25, 0.3) is 0 Å². The van der Waals surface area contributed by atoms with Crippen LogP contribution in [-0.4, -0.2) is 49.1 Å². The largest absolute Gasteiger partial charge is 0.355 e. The molecule has 3 unspecified atom stereocenters. The number of amides is 1. The van der Waals surface area contributed by atoms with E-state index in [0.29, 0.717) is 6.04 Å². The van der Waals surface area contributed by atoms with Gasteiger partial charge in [0.2, 0.25) is 5.91 Å². The van der Waals surface area contributed by atoms with Crippen LogP contribution in [0, 0.1) is 5.92 Å². The Bertz CT molecular complexity index is 269. The molecule has 1 saturated heterocycles. The van der Waals surface area contributed by atoms with E-state index in [0.717, 1.165) is 32.1 Å².